The summed E-state index contributed by atoms with van der Waals surface area (Å²) in [4.78, 5) is 8.82. The van der Waals surface area contributed by atoms with Crippen LogP contribution in [0.1, 0.15) is 36.3 Å². The lowest BCUT2D eigenvalue weighted by Crippen LogP contribution is -2.17. The van der Waals surface area contributed by atoms with Crippen molar-refractivity contribution in [1.29, 1.82) is 0 Å². The van der Waals surface area contributed by atoms with Crippen LogP contribution in [0.2, 0.25) is 0 Å². The van der Waals surface area contributed by atoms with Crippen molar-refractivity contribution in [3.05, 3.63) is 47.0 Å². The van der Waals surface area contributed by atoms with Crippen molar-refractivity contribution in [2.75, 3.05) is 31.4 Å². The van der Waals surface area contributed by atoms with Gasteiger partial charge in [0, 0.05) is 29.1 Å². The summed E-state index contributed by atoms with van der Waals surface area (Å²) in [5.74, 6) is 0.242. The number of ether oxygens (including phenoxy) is 3. The van der Waals surface area contributed by atoms with Crippen LogP contribution < -0.4 is 20.5 Å². The maximum Gasteiger partial charge on any atom is 0.419 e. The van der Waals surface area contributed by atoms with Crippen molar-refractivity contribution in [3.63, 3.8) is 0 Å². The second-order valence-electron chi connectivity index (χ2n) is 8.08. The molecule has 1 unspecified atom stereocenters. The average Bonchev–Trinajstić information content (AvgIpc) is 3.27. The van der Waals surface area contributed by atoms with Gasteiger partial charge in [-0.15, -0.1) is 0 Å². The maximum atomic E-state index is 14.8. The van der Waals surface area contributed by atoms with E-state index in [2.05, 4.69) is 15.3 Å². The number of hydrogen-bond acceptors (Lipinski definition) is 7. The van der Waals surface area contributed by atoms with Crippen LogP contribution in [0.5, 0.6) is 11.5 Å². The van der Waals surface area contributed by atoms with E-state index < -0.39 is 23.6 Å². The zero-order valence-corrected chi connectivity index (χ0v) is 18.8. The molecule has 0 amide bonds. The van der Waals surface area contributed by atoms with E-state index in [0.29, 0.717) is 53.3 Å². The molecular formula is C23H24F4N4O3. The van der Waals surface area contributed by atoms with E-state index in [4.69, 9.17) is 19.9 Å². The van der Waals surface area contributed by atoms with Crippen LogP contribution >= 0.6 is 0 Å². The SMILES string of the molecule is COc1cc2nc(C)nc(N[C@H](C)c3cc(N)cc(C(F)(F)F)c3F)c2cc1OC1CCOC1. The lowest BCUT2D eigenvalue weighted by atomic mass is 10.0. The number of alkyl halides is 3. The molecule has 0 bridgehead atoms. The number of benzene rings is 2. The van der Waals surface area contributed by atoms with E-state index in [9.17, 15) is 17.6 Å². The Bertz CT molecular complexity index is 1210. The van der Waals surface area contributed by atoms with Gasteiger partial charge in [-0.2, -0.15) is 13.2 Å². The molecular weight excluding hydrogens is 456 g/mol. The Kier molecular flexibility index (Phi) is 6.39. The van der Waals surface area contributed by atoms with Crippen LogP contribution in [0.4, 0.5) is 29.1 Å². The third-order valence-corrected chi connectivity index (χ3v) is 5.52. The summed E-state index contributed by atoms with van der Waals surface area (Å²) in [5, 5.41) is 3.55. The Labute approximate surface area is 193 Å². The highest BCUT2D eigenvalue weighted by atomic mass is 19.4. The van der Waals surface area contributed by atoms with Crippen molar-refractivity contribution in [1.82, 2.24) is 9.97 Å². The summed E-state index contributed by atoms with van der Waals surface area (Å²) in [5.41, 5.74) is 4.32. The van der Waals surface area contributed by atoms with Crippen LogP contribution in [-0.4, -0.2) is 36.4 Å². The van der Waals surface area contributed by atoms with Crippen molar-refractivity contribution < 1.29 is 31.8 Å². The van der Waals surface area contributed by atoms with Gasteiger partial charge in [0.1, 0.15) is 23.6 Å². The van der Waals surface area contributed by atoms with Gasteiger partial charge in [0.15, 0.2) is 11.5 Å². The Hall–Kier alpha value is -3.34. The molecule has 11 heteroatoms. The fraction of sp³-hybridized carbons (Fsp3) is 0.391. The molecule has 182 valence electrons. The molecule has 1 fully saturated rings. The predicted octanol–water partition coefficient (Wildman–Crippen LogP) is 5.03. The van der Waals surface area contributed by atoms with Crippen molar-refractivity contribution in [3.8, 4) is 11.5 Å². The number of nitrogen functional groups attached to an aromatic ring is 1. The smallest absolute Gasteiger partial charge is 0.419 e. The number of nitrogens with zero attached hydrogens (tertiary/aromatic N) is 2. The van der Waals surface area contributed by atoms with Crippen LogP contribution in [0.3, 0.4) is 0 Å². The minimum absolute atomic E-state index is 0.143. The molecule has 0 spiro atoms. The first-order valence-corrected chi connectivity index (χ1v) is 10.6. The first-order chi connectivity index (χ1) is 16.1. The Morgan fingerprint density at radius 1 is 1.18 bits per heavy atom. The quantitative estimate of drug-likeness (QED) is 0.378. The summed E-state index contributed by atoms with van der Waals surface area (Å²) in [6.45, 7) is 4.24. The molecule has 4 rings (SSSR count). The summed E-state index contributed by atoms with van der Waals surface area (Å²) in [6, 6.07) is 4.25. The molecule has 3 aromatic rings. The molecule has 1 aliphatic rings. The average molecular weight is 480 g/mol. The molecule has 34 heavy (non-hydrogen) atoms. The van der Waals surface area contributed by atoms with E-state index >= 15 is 0 Å². The van der Waals surface area contributed by atoms with Gasteiger partial charge in [-0.25, -0.2) is 14.4 Å². The van der Waals surface area contributed by atoms with Gasteiger partial charge in [-0.3, -0.25) is 0 Å². The topological polar surface area (TPSA) is 91.5 Å². The second-order valence-corrected chi connectivity index (χ2v) is 8.08. The van der Waals surface area contributed by atoms with Crippen LogP contribution in [0.25, 0.3) is 10.9 Å². The van der Waals surface area contributed by atoms with Crippen molar-refractivity contribution in [2.24, 2.45) is 0 Å². The van der Waals surface area contributed by atoms with E-state index in [1.807, 2.05) is 0 Å². The molecule has 7 nitrogen and oxygen atoms in total. The molecule has 1 saturated heterocycles. The summed E-state index contributed by atoms with van der Waals surface area (Å²) >= 11 is 0. The molecule has 2 heterocycles. The highest BCUT2D eigenvalue weighted by Gasteiger charge is 2.36. The van der Waals surface area contributed by atoms with E-state index in [1.54, 1.807) is 19.1 Å². The Morgan fingerprint density at radius 2 is 1.94 bits per heavy atom. The van der Waals surface area contributed by atoms with E-state index in [0.717, 1.165) is 6.42 Å². The zero-order valence-electron chi connectivity index (χ0n) is 18.8. The third-order valence-electron chi connectivity index (χ3n) is 5.52. The van der Waals surface area contributed by atoms with Gasteiger partial charge < -0.3 is 25.3 Å². The fourth-order valence-corrected chi connectivity index (χ4v) is 3.87. The molecule has 1 aromatic heterocycles. The number of aromatic nitrogens is 2. The third kappa shape index (κ3) is 4.79. The van der Waals surface area contributed by atoms with Gasteiger partial charge in [-0.05, 0) is 32.0 Å². The highest BCUT2D eigenvalue weighted by molar-refractivity contribution is 5.92. The minimum Gasteiger partial charge on any atom is -0.493 e. The van der Waals surface area contributed by atoms with E-state index in [-0.39, 0.29) is 17.4 Å². The van der Waals surface area contributed by atoms with Crippen molar-refractivity contribution >= 4 is 22.4 Å². The number of aryl methyl sites for hydroxylation is 1. The highest BCUT2D eigenvalue weighted by Crippen LogP contribution is 2.38. The summed E-state index contributed by atoms with van der Waals surface area (Å²) in [6.07, 6.45) is -4.29. The van der Waals surface area contributed by atoms with Gasteiger partial charge in [-0.1, -0.05) is 0 Å². The van der Waals surface area contributed by atoms with Crippen molar-refractivity contribution in [2.45, 2.75) is 38.6 Å². The first kappa shape index (κ1) is 23.8. The van der Waals surface area contributed by atoms with Gasteiger partial charge in [0.05, 0.1) is 37.4 Å². The lowest BCUT2D eigenvalue weighted by molar-refractivity contribution is -0.140. The van der Waals surface area contributed by atoms with Crippen LogP contribution in [0.15, 0.2) is 24.3 Å². The summed E-state index contributed by atoms with van der Waals surface area (Å²) in [7, 11) is 1.51. The number of nitrogens with one attached hydrogen (secondary N) is 1. The summed E-state index contributed by atoms with van der Waals surface area (Å²) < 4.78 is 71.4. The lowest BCUT2D eigenvalue weighted by Gasteiger charge is -2.21. The monoisotopic (exact) mass is 480 g/mol. The largest absolute Gasteiger partial charge is 0.493 e. The zero-order chi connectivity index (χ0) is 24.6. The molecule has 0 saturated carbocycles. The van der Waals surface area contributed by atoms with Gasteiger partial charge >= 0.3 is 6.18 Å². The Balaban J connectivity index is 1.75. The fourth-order valence-electron chi connectivity index (χ4n) is 3.87. The second kappa shape index (κ2) is 9.13. The Morgan fingerprint density at radius 3 is 2.59 bits per heavy atom. The number of nitrogens with two attached hydrogens (primary N) is 1. The molecule has 0 aliphatic carbocycles. The van der Waals surface area contributed by atoms with E-state index in [1.165, 1.54) is 20.1 Å². The van der Waals surface area contributed by atoms with Gasteiger partial charge in [0.25, 0.3) is 0 Å². The number of fused-ring (bicyclic) bond motifs is 1. The number of hydrogen-bond donors (Lipinski definition) is 2. The van der Waals surface area contributed by atoms with Crippen LogP contribution in [-0.2, 0) is 10.9 Å². The number of anilines is 2. The standard InChI is InChI=1S/C23H24F4N4O3/c1-11(15-6-13(28)7-17(21(15)24)23(25,26)27)29-22-16-8-20(34-14-4-5-33-10-14)19(32-3)9-18(16)30-12(2)31-22/h6-9,11,14H,4-5,10,28H2,1-3H3,(H,29,30,31)/t11-,14?/m1/s1. The molecule has 3 N–H and O–H groups in total. The van der Waals surface area contributed by atoms with Gasteiger partial charge in [0.2, 0.25) is 0 Å². The number of methoxy groups -OCH3 is 1. The molecule has 2 atom stereocenters. The molecule has 0 radical (unpaired) electrons. The molecule has 1 aliphatic heterocycles. The number of rotatable bonds is 6. The number of halogens is 4. The first-order valence-electron chi connectivity index (χ1n) is 10.6. The molecule has 2 aromatic carbocycles. The van der Waals surface area contributed by atoms with Crippen LogP contribution in [0, 0.1) is 12.7 Å². The minimum atomic E-state index is -4.88. The predicted molar refractivity (Wildman–Crippen MR) is 119 cm³/mol. The normalized spacial score (nSPS) is 17.1. The maximum absolute atomic E-state index is 14.8.